The van der Waals surface area contributed by atoms with Crippen LogP contribution in [-0.4, -0.2) is 50.0 Å². The number of hydrogen-bond donors (Lipinski definition) is 1. The molecule has 2 amide bonds. The fourth-order valence-corrected chi connectivity index (χ4v) is 5.18. The zero-order valence-corrected chi connectivity index (χ0v) is 23.3. The van der Waals surface area contributed by atoms with Crippen molar-refractivity contribution in [2.75, 3.05) is 17.1 Å². The first-order valence-electron chi connectivity index (χ1n) is 10.6. The Bertz CT molecular complexity index is 1140. The summed E-state index contributed by atoms with van der Waals surface area (Å²) in [5.41, 5.74) is 0.984. The molecule has 0 saturated heterocycles. The molecule has 0 spiro atoms. The molecule has 186 valence electrons. The summed E-state index contributed by atoms with van der Waals surface area (Å²) in [5.74, 6) is -0.851. The molecule has 0 aliphatic carbocycles. The van der Waals surface area contributed by atoms with E-state index < -0.39 is 28.5 Å². The van der Waals surface area contributed by atoms with E-state index in [0.717, 1.165) is 10.6 Å². The number of benzene rings is 2. The van der Waals surface area contributed by atoms with Crippen molar-refractivity contribution in [3.63, 3.8) is 0 Å². The molecular weight excluding hydrogens is 565 g/mol. The number of carbonyl (C=O) groups is 2. The van der Waals surface area contributed by atoms with Crippen LogP contribution in [0, 0.1) is 0 Å². The molecule has 7 nitrogen and oxygen atoms in total. The molecule has 2 aromatic rings. The minimum Gasteiger partial charge on any atom is -0.352 e. The van der Waals surface area contributed by atoms with Gasteiger partial charge in [-0.2, -0.15) is 0 Å². The summed E-state index contributed by atoms with van der Waals surface area (Å²) in [6.07, 6.45) is 1.37. The topological polar surface area (TPSA) is 86.8 Å². The monoisotopic (exact) mass is 591 g/mol. The minimum atomic E-state index is -3.81. The molecule has 0 bridgehead atoms. The van der Waals surface area contributed by atoms with Crippen LogP contribution in [0.25, 0.3) is 0 Å². The highest BCUT2D eigenvalue weighted by Gasteiger charge is 2.32. The smallest absolute Gasteiger partial charge is 0.244 e. The Morgan fingerprint density at radius 3 is 2.26 bits per heavy atom. The van der Waals surface area contributed by atoms with Gasteiger partial charge in [0, 0.05) is 17.1 Å². The van der Waals surface area contributed by atoms with Crippen molar-refractivity contribution < 1.29 is 18.0 Å². The van der Waals surface area contributed by atoms with Crippen LogP contribution in [0.4, 0.5) is 5.69 Å². The number of nitrogens with one attached hydrogen (secondary N) is 1. The van der Waals surface area contributed by atoms with Gasteiger partial charge < -0.3 is 10.2 Å². The number of carbonyl (C=O) groups excluding carboxylic acids is 2. The largest absolute Gasteiger partial charge is 0.352 e. The van der Waals surface area contributed by atoms with Crippen molar-refractivity contribution in [1.82, 2.24) is 10.2 Å². The molecule has 0 aromatic heterocycles. The molecule has 0 unspecified atom stereocenters. The van der Waals surface area contributed by atoms with Crippen LogP contribution in [0.5, 0.6) is 0 Å². The second-order valence-electron chi connectivity index (χ2n) is 8.08. The fourth-order valence-electron chi connectivity index (χ4n) is 3.38. The van der Waals surface area contributed by atoms with E-state index in [0.29, 0.717) is 32.2 Å². The standard InChI is InChI=1S/C23H28BrCl2N3O4S/c1-5-20(23(31)27-15(2)3)28(13-16-10-11-18(25)19(26)12-16)22(30)14-29(34(4,32)33)21-9-7-6-8-17(21)24/h6-12,15,20H,5,13-14H2,1-4H3,(H,27,31)/t20-/m1/s1. The Balaban J connectivity index is 2.48. The van der Waals surface area contributed by atoms with E-state index in [1.54, 1.807) is 49.4 Å². The van der Waals surface area contributed by atoms with Crippen LogP contribution >= 0.6 is 39.1 Å². The van der Waals surface area contributed by atoms with Gasteiger partial charge in [-0.05, 0) is 66.0 Å². The van der Waals surface area contributed by atoms with Crippen LogP contribution in [-0.2, 0) is 26.2 Å². The zero-order chi connectivity index (χ0) is 25.6. The molecule has 2 aromatic carbocycles. The third-order valence-corrected chi connectivity index (χ3v) is 7.49. The van der Waals surface area contributed by atoms with Crippen molar-refractivity contribution in [3.05, 3.63) is 62.5 Å². The summed E-state index contributed by atoms with van der Waals surface area (Å²) >= 11 is 15.5. The molecule has 1 N–H and O–H groups in total. The third-order valence-electron chi connectivity index (χ3n) is 4.95. The maximum absolute atomic E-state index is 13.6. The van der Waals surface area contributed by atoms with Gasteiger partial charge in [0.1, 0.15) is 12.6 Å². The van der Waals surface area contributed by atoms with Gasteiger partial charge in [0.2, 0.25) is 21.8 Å². The Kier molecular flexibility index (Phi) is 10.2. The zero-order valence-electron chi connectivity index (χ0n) is 19.4. The predicted octanol–water partition coefficient (Wildman–Crippen LogP) is 4.85. The van der Waals surface area contributed by atoms with E-state index in [2.05, 4.69) is 21.2 Å². The molecule has 0 heterocycles. The van der Waals surface area contributed by atoms with E-state index in [4.69, 9.17) is 23.2 Å². The van der Waals surface area contributed by atoms with Crippen LogP contribution in [0.15, 0.2) is 46.9 Å². The number of nitrogens with zero attached hydrogens (tertiary/aromatic N) is 2. The summed E-state index contributed by atoms with van der Waals surface area (Å²) in [6, 6.07) is 10.7. The number of sulfonamides is 1. The first-order chi connectivity index (χ1) is 15.8. The Hall–Kier alpha value is -1.81. The van der Waals surface area contributed by atoms with Gasteiger partial charge in [0.05, 0.1) is 22.0 Å². The Labute approximate surface area is 219 Å². The first-order valence-corrected chi connectivity index (χ1v) is 14.0. The van der Waals surface area contributed by atoms with Gasteiger partial charge in [-0.25, -0.2) is 8.42 Å². The number of amides is 2. The highest BCUT2D eigenvalue weighted by molar-refractivity contribution is 9.10. The molecule has 0 saturated carbocycles. The fraction of sp³-hybridized carbons (Fsp3) is 0.391. The van der Waals surface area contributed by atoms with Gasteiger partial charge in [0.25, 0.3) is 0 Å². The summed E-state index contributed by atoms with van der Waals surface area (Å²) in [6.45, 7) is 5.02. The van der Waals surface area contributed by atoms with Crippen molar-refractivity contribution >= 4 is 66.7 Å². The second-order valence-corrected chi connectivity index (χ2v) is 11.7. The maximum atomic E-state index is 13.6. The lowest BCUT2D eigenvalue weighted by Crippen LogP contribution is -2.53. The molecule has 34 heavy (non-hydrogen) atoms. The Morgan fingerprint density at radius 1 is 1.09 bits per heavy atom. The van der Waals surface area contributed by atoms with Crippen LogP contribution in [0.2, 0.25) is 10.0 Å². The van der Waals surface area contributed by atoms with Crippen LogP contribution in [0.1, 0.15) is 32.8 Å². The Morgan fingerprint density at radius 2 is 1.74 bits per heavy atom. The molecule has 0 fully saturated rings. The summed E-state index contributed by atoms with van der Waals surface area (Å²) in [4.78, 5) is 27.9. The van der Waals surface area contributed by atoms with Crippen LogP contribution < -0.4 is 9.62 Å². The van der Waals surface area contributed by atoms with Crippen molar-refractivity contribution in [1.29, 1.82) is 0 Å². The highest BCUT2D eigenvalue weighted by Crippen LogP contribution is 2.28. The van der Waals surface area contributed by atoms with Gasteiger partial charge in [-0.3, -0.25) is 13.9 Å². The number of halogens is 3. The number of hydrogen-bond acceptors (Lipinski definition) is 4. The van der Waals surface area contributed by atoms with E-state index in [-0.39, 0.29) is 18.5 Å². The van der Waals surface area contributed by atoms with Gasteiger partial charge >= 0.3 is 0 Å². The van der Waals surface area contributed by atoms with Crippen molar-refractivity contribution in [2.24, 2.45) is 0 Å². The second kappa shape index (κ2) is 12.2. The quantitative estimate of drug-likeness (QED) is 0.427. The van der Waals surface area contributed by atoms with Crippen molar-refractivity contribution in [2.45, 2.75) is 45.8 Å². The minimum absolute atomic E-state index is 0.0489. The lowest BCUT2D eigenvalue weighted by Gasteiger charge is -2.33. The van der Waals surface area contributed by atoms with E-state index in [1.165, 1.54) is 4.90 Å². The van der Waals surface area contributed by atoms with Gasteiger partial charge in [0.15, 0.2) is 0 Å². The molecule has 0 radical (unpaired) electrons. The maximum Gasteiger partial charge on any atom is 0.244 e. The predicted molar refractivity (Wildman–Crippen MR) is 141 cm³/mol. The van der Waals surface area contributed by atoms with Gasteiger partial charge in [-0.15, -0.1) is 0 Å². The molecule has 11 heteroatoms. The van der Waals surface area contributed by atoms with E-state index >= 15 is 0 Å². The lowest BCUT2D eigenvalue weighted by atomic mass is 10.1. The normalized spacial score (nSPS) is 12.4. The summed E-state index contributed by atoms with van der Waals surface area (Å²) in [5, 5.41) is 3.52. The molecule has 0 aliphatic rings. The number of para-hydroxylation sites is 1. The van der Waals surface area contributed by atoms with Gasteiger partial charge in [-0.1, -0.05) is 48.3 Å². The molecule has 1 atom stereocenters. The average Bonchev–Trinajstić information content (AvgIpc) is 2.73. The molecule has 2 rings (SSSR count). The number of anilines is 1. The average molecular weight is 593 g/mol. The first kappa shape index (κ1) is 28.4. The highest BCUT2D eigenvalue weighted by atomic mass is 79.9. The summed E-state index contributed by atoms with van der Waals surface area (Å²) < 4.78 is 26.8. The van der Waals surface area contributed by atoms with Crippen molar-refractivity contribution in [3.8, 4) is 0 Å². The SMILES string of the molecule is CC[C@H](C(=O)NC(C)C)N(Cc1ccc(Cl)c(Cl)c1)C(=O)CN(c1ccccc1Br)S(C)(=O)=O. The number of rotatable bonds is 10. The lowest BCUT2D eigenvalue weighted by molar-refractivity contribution is -0.140. The molecule has 0 aliphatic heterocycles. The summed E-state index contributed by atoms with van der Waals surface area (Å²) in [7, 11) is -3.81. The van der Waals surface area contributed by atoms with E-state index in [1.807, 2.05) is 13.8 Å². The van der Waals surface area contributed by atoms with E-state index in [9.17, 15) is 18.0 Å². The molecular formula is C23H28BrCl2N3O4S. The van der Waals surface area contributed by atoms with Crippen LogP contribution in [0.3, 0.4) is 0 Å². The third kappa shape index (κ3) is 7.60.